The van der Waals surface area contributed by atoms with Crippen LogP contribution >= 0.6 is 34.5 Å². The van der Waals surface area contributed by atoms with Crippen LogP contribution in [0.4, 0.5) is 0 Å². The molecule has 0 atom stereocenters. The molecule has 0 aliphatic carbocycles. The molecule has 1 heterocycles. The number of nitrogens with zero attached hydrogens (tertiary/aromatic N) is 3. The molecule has 0 aliphatic heterocycles. The van der Waals surface area contributed by atoms with E-state index in [9.17, 15) is 0 Å². The molecule has 0 saturated carbocycles. The fourth-order valence-corrected chi connectivity index (χ4v) is 3.89. The zero-order valence-electron chi connectivity index (χ0n) is 14.3. The first-order valence-corrected chi connectivity index (χ1v) is 9.60. The van der Waals surface area contributed by atoms with Gasteiger partial charge in [-0.3, -0.25) is 0 Å². The van der Waals surface area contributed by atoms with Crippen LogP contribution in [0, 0.1) is 0 Å². The highest BCUT2D eigenvalue weighted by atomic mass is 35.5. The summed E-state index contributed by atoms with van der Waals surface area (Å²) in [7, 11) is 1.64. The minimum Gasteiger partial charge on any atom is -0.497 e. The summed E-state index contributed by atoms with van der Waals surface area (Å²) in [5.41, 5.74) is 2.88. The van der Waals surface area contributed by atoms with Crippen LogP contribution in [0.5, 0.6) is 5.75 Å². The van der Waals surface area contributed by atoms with Crippen molar-refractivity contribution in [2.75, 3.05) is 7.11 Å². The van der Waals surface area contributed by atoms with Gasteiger partial charge in [-0.1, -0.05) is 23.2 Å². The molecule has 0 amide bonds. The number of benzene rings is 2. The normalized spacial score (nSPS) is 12.1. The molecule has 3 aromatic rings. The highest BCUT2D eigenvalue weighted by Gasteiger charge is 2.10. The topological polar surface area (TPSA) is 38.9 Å². The van der Waals surface area contributed by atoms with E-state index in [4.69, 9.17) is 27.9 Å². The van der Waals surface area contributed by atoms with Gasteiger partial charge in [-0.2, -0.15) is 5.10 Å². The molecular weight excluding hydrogens is 389 g/mol. The van der Waals surface area contributed by atoms with Crippen LogP contribution in [0.25, 0.3) is 11.3 Å². The van der Waals surface area contributed by atoms with Crippen molar-refractivity contribution in [3.63, 3.8) is 0 Å². The van der Waals surface area contributed by atoms with Gasteiger partial charge in [0.05, 0.1) is 24.0 Å². The highest BCUT2D eigenvalue weighted by molar-refractivity contribution is 7.07. The zero-order valence-corrected chi connectivity index (χ0v) is 16.6. The van der Waals surface area contributed by atoms with Crippen molar-refractivity contribution in [2.45, 2.75) is 13.5 Å². The molecule has 3 rings (SSSR count). The quantitative estimate of drug-likeness (QED) is 0.408. The number of hydrogen-bond acceptors (Lipinski definition) is 4. The second-order valence-electron chi connectivity index (χ2n) is 5.39. The molecule has 0 bridgehead atoms. The van der Waals surface area contributed by atoms with Crippen molar-refractivity contribution >= 4 is 40.8 Å². The van der Waals surface area contributed by atoms with Crippen molar-refractivity contribution in [1.82, 2.24) is 4.57 Å². The SMILES string of the molecule is CCn1c(-c2ccc(Cl)cc2Cl)cs/c1=N\N=C/c1ccc(OC)cc1. The molecule has 1 aromatic heterocycles. The van der Waals surface area contributed by atoms with Gasteiger partial charge in [0.25, 0.3) is 0 Å². The summed E-state index contributed by atoms with van der Waals surface area (Å²) in [6.07, 6.45) is 1.72. The standard InChI is InChI=1S/C19H17Cl2N3OS/c1-3-24-18(16-9-6-14(20)10-17(16)21)12-26-19(24)23-22-11-13-4-7-15(25-2)8-5-13/h4-12H,3H2,1-2H3/b22-11-,23-19-. The Morgan fingerprint density at radius 3 is 2.58 bits per heavy atom. The van der Waals surface area contributed by atoms with Crippen molar-refractivity contribution in [1.29, 1.82) is 0 Å². The van der Waals surface area contributed by atoms with E-state index in [-0.39, 0.29) is 0 Å². The summed E-state index contributed by atoms with van der Waals surface area (Å²) < 4.78 is 7.22. The van der Waals surface area contributed by atoms with Crippen molar-refractivity contribution < 1.29 is 4.74 Å². The maximum absolute atomic E-state index is 6.35. The van der Waals surface area contributed by atoms with Gasteiger partial charge in [-0.25, -0.2) is 0 Å². The Balaban J connectivity index is 1.91. The van der Waals surface area contributed by atoms with Crippen molar-refractivity contribution in [3.05, 3.63) is 68.3 Å². The molecular formula is C19H17Cl2N3OS. The number of halogens is 2. The molecule has 0 spiro atoms. The predicted molar refractivity (Wildman–Crippen MR) is 110 cm³/mol. The monoisotopic (exact) mass is 405 g/mol. The Morgan fingerprint density at radius 2 is 1.92 bits per heavy atom. The number of methoxy groups -OCH3 is 1. The molecule has 0 aliphatic rings. The molecule has 26 heavy (non-hydrogen) atoms. The number of hydrogen-bond donors (Lipinski definition) is 0. The molecule has 4 nitrogen and oxygen atoms in total. The van der Waals surface area contributed by atoms with Gasteiger partial charge >= 0.3 is 0 Å². The Labute approximate surface area is 166 Å². The summed E-state index contributed by atoms with van der Waals surface area (Å²) in [6.45, 7) is 2.82. The smallest absolute Gasteiger partial charge is 0.211 e. The minimum atomic E-state index is 0.616. The molecule has 0 saturated heterocycles. The highest BCUT2D eigenvalue weighted by Crippen LogP contribution is 2.30. The van der Waals surface area contributed by atoms with E-state index >= 15 is 0 Å². The lowest BCUT2D eigenvalue weighted by molar-refractivity contribution is 0.415. The van der Waals surface area contributed by atoms with Gasteiger partial charge in [0.15, 0.2) is 0 Å². The lowest BCUT2D eigenvalue weighted by atomic mass is 10.2. The lowest BCUT2D eigenvalue weighted by Crippen LogP contribution is -2.14. The fourth-order valence-electron chi connectivity index (χ4n) is 2.46. The van der Waals surface area contributed by atoms with Gasteiger partial charge in [0, 0.05) is 22.5 Å². The minimum absolute atomic E-state index is 0.616. The van der Waals surface area contributed by atoms with Crippen LogP contribution in [0.2, 0.25) is 10.0 Å². The second-order valence-corrected chi connectivity index (χ2v) is 7.07. The van der Waals surface area contributed by atoms with E-state index in [1.165, 1.54) is 11.3 Å². The number of thiazole rings is 1. The molecule has 0 radical (unpaired) electrons. The van der Waals surface area contributed by atoms with E-state index in [1.807, 2.05) is 41.8 Å². The van der Waals surface area contributed by atoms with E-state index in [1.54, 1.807) is 19.4 Å². The number of rotatable bonds is 5. The van der Waals surface area contributed by atoms with Gasteiger partial charge in [0.2, 0.25) is 4.80 Å². The fraction of sp³-hybridized carbons (Fsp3) is 0.158. The third-order valence-corrected chi connectivity index (χ3v) is 5.19. The first-order valence-electron chi connectivity index (χ1n) is 7.97. The first kappa shape index (κ1) is 18.7. The maximum atomic E-state index is 6.35. The average molecular weight is 406 g/mol. The van der Waals surface area contributed by atoms with Crippen LogP contribution in [0.3, 0.4) is 0 Å². The van der Waals surface area contributed by atoms with Gasteiger partial charge in [0.1, 0.15) is 5.75 Å². The molecule has 0 fully saturated rings. The average Bonchev–Trinajstić information content (AvgIpc) is 3.05. The third-order valence-electron chi connectivity index (χ3n) is 3.79. The molecule has 134 valence electrons. The largest absolute Gasteiger partial charge is 0.497 e. The summed E-state index contributed by atoms with van der Waals surface area (Å²) in [6, 6.07) is 13.1. The Morgan fingerprint density at radius 1 is 1.15 bits per heavy atom. The van der Waals surface area contributed by atoms with E-state index in [0.29, 0.717) is 10.0 Å². The van der Waals surface area contributed by atoms with Crippen LogP contribution in [-0.2, 0) is 6.54 Å². The zero-order chi connectivity index (χ0) is 18.5. The summed E-state index contributed by atoms with van der Waals surface area (Å²) >= 11 is 13.9. The summed E-state index contributed by atoms with van der Waals surface area (Å²) in [5, 5.41) is 11.8. The van der Waals surface area contributed by atoms with E-state index in [2.05, 4.69) is 21.7 Å². The van der Waals surface area contributed by atoms with Crippen LogP contribution < -0.4 is 9.54 Å². The molecule has 7 heteroatoms. The molecule has 2 aromatic carbocycles. The van der Waals surface area contributed by atoms with Crippen molar-refractivity contribution in [3.8, 4) is 17.0 Å². The maximum Gasteiger partial charge on any atom is 0.211 e. The first-order chi connectivity index (χ1) is 12.6. The van der Waals surface area contributed by atoms with Gasteiger partial charge in [-0.05, 0) is 55.0 Å². The van der Waals surface area contributed by atoms with Gasteiger partial charge in [-0.15, -0.1) is 16.4 Å². The Hall–Kier alpha value is -2.08. The van der Waals surface area contributed by atoms with E-state index < -0.39 is 0 Å². The van der Waals surface area contributed by atoms with E-state index in [0.717, 1.165) is 33.9 Å². The lowest BCUT2D eigenvalue weighted by Gasteiger charge is -2.07. The predicted octanol–water partition coefficient (Wildman–Crippen LogP) is 5.49. The van der Waals surface area contributed by atoms with Crippen molar-refractivity contribution in [2.24, 2.45) is 10.2 Å². The Bertz CT molecular complexity index is 991. The Kier molecular flexibility index (Phi) is 6.14. The summed E-state index contributed by atoms with van der Waals surface area (Å²) in [5.74, 6) is 0.811. The molecule has 0 unspecified atom stereocenters. The summed E-state index contributed by atoms with van der Waals surface area (Å²) in [4.78, 5) is 0.804. The van der Waals surface area contributed by atoms with Gasteiger partial charge < -0.3 is 9.30 Å². The van der Waals surface area contributed by atoms with Crippen LogP contribution in [0.15, 0.2) is 58.0 Å². The molecule has 0 N–H and O–H groups in total. The number of ether oxygens (including phenoxy) is 1. The number of aromatic nitrogens is 1. The third kappa shape index (κ3) is 4.18. The second kappa shape index (κ2) is 8.54. The van der Waals surface area contributed by atoms with Crippen LogP contribution in [-0.4, -0.2) is 17.9 Å². The van der Waals surface area contributed by atoms with Crippen LogP contribution in [0.1, 0.15) is 12.5 Å².